The highest BCUT2D eigenvalue weighted by atomic mass is 16.6. The van der Waals surface area contributed by atoms with Crippen LogP contribution in [0.3, 0.4) is 0 Å². The van der Waals surface area contributed by atoms with Crippen LogP contribution in [0.25, 0.3) is 0 Å². The summed E-state index contributed by atoms with van der Waals surface area (Å²) in [6.45, 7) is 2.52. The van der Waals surface area contributed by atoms with E-state index >= 15 is 0 Å². The van der Waals surface area contributed by atoms with E-state index in [2.05, 4.69) is 5.32 Å². The van der Waals surface area contributed by atoms with Crippen LogP contribution in [0.4, 0.5) is 5.69 Å². The second kappa shape index (κ2) is 8.52. The van der Waals surface area contributed by atoms with E-state index in [1.165, 1.54) is 24.3 Å². The molecule has 126 valence electrons. The zero-order valence-electron chi connectivity index (χ0n) is 13.2. The summed E-state index contributed by atoms with van der Waals surface area (Å²) >= 11 is 0. The molecule has 0 aromatic heterocycles. The van der Waals surface area contributed by atoms with Crippen LogP contribution in [-0.4, -0.2) is 30.6 Å². The lowest BCUT2D eigenvalue weighted by molar-refractivity contribution is -0.384. The Morgan fingerprint density at radius 3 is 2.54 bits per heavy atom. The van der Waals surface area contributed by atoms with Crippen LogP contribution < -0.4 is 14.8 Å². The van der Waals surface area contributed by atoms with E-state index < -0.39 is 4.92 Å². The Kier molecular flexibility index (Phi) is 6.13. The SMILES string of the molecule is Cc1cccc(OCCNC(=O)COc2ccc([N+](=O)[O-])cc2)c1. The lowest BCUT2D eigenvalue weighted by Gasteiger charge is -2.09. The van der Waals surface area contributed by atoms with Crippen LogP contribution >= 0.6 is 0 Å². The van der Waals surface area contributed by atoms with Crippen molar-refractivity contribution in [3.05, 3.63) is 64.2 Å². The van der Waals surface area contributed by atoms with E-state index in [0.717, 1.165) is 11.3 Å². The summed E-state index contributed by atoms with van der Waals surface area (Å²) in [5.41, 5.74) is 1.08. The summed E-state index contributed by atoms with van der Waals surface area (Å²) < 4.78 is 10.8. The monoisotopic (exact) mass is 330 g/mol. The van der Waals surface area contributed by atoms with E-state index in [0.29, 0.717) is 18.9 Å². The molecule has 0 heterocycles. The molecule has 2 rings (SSSR count). The number of nitrogens with zero attached hydrogens (tertiary/aromatic N) is 1. The number of nitro benzene ring substituents is 1. The summed E-state index contributed by atoms with van der Waals surface area (Å²) in [7, 11) is 0. The predicted molar refractivity (Wildman–Crippen MR) is 88.3 cm³/mol. The minimum Gasteiger partial charge on any atom is -0.492 e. The van der Waals surface area contributed by atoms with Gasteiger partial charge in [-0.15, -0.1) is 0 Å². The third kappa shape index (κ3) is 5.60. The Bertz CT molecular complexity index is 700. The van der Waals surface area contributed by atoms with Crippen LogP contribution in [0.1, 0.15) is 5.56 Å². The topological polar surface area (TPSA) is 90.7 Å². The van der Waals surface area contributed by atoms with Crippen LogP contribution in [0.5, 0.6) is 11.5 Å². The van der Waals surface area contributed by atoms with Crippen molar-refractivity contribution < 1.29 is 19.2 Å². The fourth-order valence-corrected chi connectivity index (χ4v) is 1.93. The molecule has 1 amide bonds. The maximum atomic E-state index is 11.7. The number of benzene rings is 2. The molecule has 0 aliphatic carbocycles. The normalized spacial score (nSPS) is 10.0. The Balaban J connectivity index is 1.65. The van der Waals surface area contributed by atoms with Gasteiger partial charge < -0.3 is 14.8 Å². The van der Waals surface area contributed by atoms with Crippen molar-refractivity contribution in [1.29, 1.82) is 0 Å². The number of carbonyl (C=O) groups is 1. The third-order valence-corrected chi connectivity index (χ3v) is 3.10. The van der Waals surface area contributed by atoms with Crippen molar-refractivity contribution in [2.24, 2.45) is 0 Å². The molecular formula is C17H18N2O5. The molecule has 0 radical (unpaired) electrons. The van der Waals surface area contributed by atoms with Gasteiger partial charge in [-0.3, -0.25) is 14.9 Å². The maximum absolute atomic E-state index is 11.7. The zero-order valence-corrected chi connectivity index (χ0v) is 13.2. The van der Waals surface area contributed by atoms with E-state index in [4.69, 9.17) is 9.47 Å². The van der Waals surface area contributed by atoms with Gasteiger partial charge in [0.05, 0.1) is 11.5 Å². The standard InChI is InChI=1S/C17H18N2O5/c1-13-3-2-4-16(11-13)23-10-9-18-17(20)12-24-15-7-5-14(6-8-15)19(21)22/h2-8,11H,9-10,12H2,1H3,(H,18,20). The molecule has 24 heavy (non-hydrogen) atoms. The molecule has 0 unspecified atom stereocenters. The van der Waals surface area contributed by atoms with Gasteiger partial charge in [0.25, 0.3) is 11.6 Å². The van der Waals surface area contributed by atoms with Crippen molar-refractivity contribution in [2.45, 2.75) is 6.92 Å². The fourth-order valence-electron chi connectivity index (χ4n) is 1.93. The van der Waals surface area contributed by atoms with Gasteiger partial charge in [0.1, 0.15) is 18.1 Å². The van der Waals surface area contributed by atoms with Gasteiger partial charge in [0, 0.05) is 12.1 Å². The molecule has 2 aromatic rings. The number of ether oxygens (including phenoxy) is 2. The first-order valence-corrected chi connectivity index (χ1v) is 7.38. The van der Waals surface area contributed by atoms with E-state index in [9.17, 15) is 14.9 Å². The number of nitro groups is 1. The highest BCUT2D eigenvalue weighted by Crippen LogP contribution is 2.17. The predicted octanol–water partition coefficient (Wildman–Crippen LogP) is 2.48. The summed E-state index contributed by atoms with van der Waals surface area (Å²) in [5, 5.41) is 13.2. The Labute approximate surface area is 139 Å². The molecule has 2 aromatic carbocycles. The number of aryl methyl sites for hydroxylation is 1. The molecule has 0 aliphatic heterocycles. The molecule has 0 aliphatic rings. The number of hydrogen-bond donors (Lipinski definition) is 1. The highest BCUT2D eigenvalue weighted by molar-refractivity contribution is 5.77. The van der Waals surface area contributed by atoms with Gasteiger partial charge in [0.2, 0.25) is 0 Å². The lowest BCUT2D eigenvalue weighted by atomic mass is 10.2. The van der Waals surface area contributed by atoms with Crippen molar-refractivity contribution in [3.63, 3.8) is 0 Å². The second-order valence-electron chi connectivity index (χ2n) is 5.05. The van der Waals surface area contributed by atoms with E-state index in [1.54, 1.807) is 0 Å². The Morgan fingerprint density at radius 2 is 1.88 bits per heavy atom. The van der Waals surface area contributed by atoms with Gasteiger partial charge in [-0.1, -0.05) is 12.1 Å². The van der Waals surface area contributed by atoms with Gasteiger partial charge >= 0.3 is 0 Å². The fraction of sp³-hybridized carbons (Fsp3) is 0.235. The molecule has 7 nitrogen and oxygen atoms in total. The summed E-state index contributed by atoms with van der Waals surface area (Å²) in [6, 6.07) is 13.2. The van der Waals surface area contributed by atoms with Gasteiger partial charge in [-0.2, -0.15) is 0 Å². The van der Waals surface area contributed by atoms with Crippen LogP contribution in [-0.2, 0) is 4.79 Å². The minimum absolute atomic E-state index is 0.0277. The highest BCUT2D eigenvalue weighted by Gasteiger charge is 2.06. The first-order valence-electron chi connectivity index (χ1n) is 7.38. The molecular weight excluding hydrogens is 312 g/mol. The van der Waals surface area contributed by atoms with Crippen molar-refractivity contribution in [1.82, 2.24) is 5.32 Å². The van der Waals surface area contributed by atoms with E-state index in [-0.39, 0.29) is 18.2 Å². The average Bonchev–Trinajstić information content (AvgIpc) is 2.57. The number of amides is 1. The first-order chi connectivity index (χ1) is 11.5. The van der Waals surface area contributed by atoms with Gasteiger partial charge in [0.15, 0.2) is 6.61 Å². The molecule has 0 saturated carbocycles. The average molecular weight is 330 g/mol. The number of rotatable bonds is 8. The number of non-ortho nitro benzene ring substituents is 1. The van der Waals surface area contributed by atoms with Crippen molar-refractivity contribution in [2.75, 3.05) is 19.8 Å². The molecule has 0 bridgehead atoms. The van der Waals surface area contributed by atoms with Crippen molar-refractivity contribution >= 4 is 11.6 Å². The smallest absolute Gasteiger partial charge is 0.269 e. The molecule has 7 heteroatoms. The van der Waals surface area contributed by atoms with E-state index in [1.807, 2.05) is 31.2 Å². The maximum Gasteiger partial charge on any atom is 0.269 e. The minimum atomic E-state index is -0.495. The summed E-state index contributed by atoms with van der Waals surface area (Å²) in [4.78, 5) is 21.7. The molecule has 1 N–H and O–H groups in total. The molecule has 0 saturated heterocycles. The second-order valence-corrected chi connectivity index (χ2v) is 5.05. The largest absolute Gasteiger partial charge is 0.492 e. The zero-order chi connectivity index (χ0) is 17.4. The Hall–Kier alpha value is -3.09. The summed E-state index contributed by atoms with van der Waals surface area (Å²) in [6.07, 6.45) is 0. The van der Waals surface area contributed by atoms with Crippen molar-refractivity contribution in [3.8, 4) is 11.5 Å². The van der Waals surface area contributed by atoms with Gasteiger partial charge in [-0.05, 0) is 36.8 Å². The number of nitrogens with one attached hydrogen (secondary N) is 1. The molecule has 0 spiro atoms. The van der Waals surface area contributed by atoms with Crippen LogP contribution in [0.15, 0.2) is 48.5 Å². The quantitative estimate of drug-likeness (QED) is 0.456. The Morgan fingerprint density at radius 1 is 1.12 bits per heavy atom. The number of hydrogen-bond acceptors (Lipinski definition) is 5. The first kappa shape index (κ1) is 17.3. The lowest BCUT2D eigenvalue weighted by Crippen LogP contribution is -2.32. The molecule has 0 fully saturated rings. The number of carbonyl (C=O) groups excluding carboxylic acids is 1. The molecule has 0 atom stereocenters. The third-order valence-electron chi connectivity index (χ3n) is 3.10. The van der Waals surface area contributed by atoms with Gasteiger partial charge in [-0.25, -0.2) is 0 Å². The van der Waals surface area contributed by atoms with Crippen LogP contribution in [0, 0.1) is 17.0 Å². The summed E-state index contributed by atoms with van der Waals surface area (Å²) in [5.74, 6) is 0.860. The van der Waals surface area contributed by atoms with Crippen LogP contribution in [0.2, 0.25) is 0 Å².